The molecule has 4 heteroatoms. The van der Waals surface area contributed by atoms with Crippen LogP contribution in [0.4, 0.5) is 0 Å². The molecule has 1 heterocycles. The van der Waals surface area contributed by atoms with Crippen LogP contribution in [-0.4, -0.2) is 41.3 Å². The first-order valence-electron chi connectivity index (χ1n) is 6.68. The molecule has 0 saturated carbocycles. The quantitative estimate of drug-likeness (QED) is 0.786. The van der Waals surface area contributed by atoms with Crippen LogP contribution in [0.15, 0.2) is 24.5 Å². The predicted octanol–water partition coefficient (Wildman–Crippen LogP) is 2.54. The maximum atomic E-state index is 6.09. The Bertz CT molecular complexity index is 312. The second-order valence-electron chi connectivity index (χ2n) is 4.46. The molecule has 2 N–H and O–H groups in total. The summed E-state index contributed by atoms with van der Waals surface area (Å²) in [6.07, 6.45) is 3.74. The van der Waals surface area contributed by atoms with Crippen molar-refractivity contribution < 1.29 is 0 Å². The summed E-state index contributed by atoms with van der Waals surface area (Å²) < 4.78 is 0. The lowest BCUT2D eigenvalue weighted by atomic mass is 10.1. The van der Waals surface area contributed by atoms with Gasteiger partial charge in [-0.2, -0.15) is 11.8 Å². The van der Waals surface area contributed by atoms with Gasteiger partial charge in [0.2, 0.25) is 0 Å². The number of nitrogens with zero attached hydrogens (tertiary/aromatic N) is 2. The average molecular weight is 267 g/mol. The Kier molecular flexibility index (Phi) is 7.32. The van der Waals surface area contributed by atoms with Crippen molar-refractivity contribution in [2.45, 2.75) is 32.1 Å². The molecule has 1 aromatic rings. The normalized spacial score (nSPS) is 14.7. The summed E-state index contributed by atoms with van der Waals surface area (Å²) in [5, 5.41) is 0.342. The Morgan fingerprint density at radius 2 is 2.11 bits per heavy atom. The number of thioether (sulfide) groups is 1. The molecular formula is C14H25N3S. The Balaban J connectivity index is 2.50. The summed E-state index contributed by atoms with van der Waals surface area (Å²) >= 11 is 1.94. The van der Waals surface area contributed by atoms with Crippen molar-refractivity contribution in [1.29, 1.82) is 0 Å². The zero-order valence-corrected chi connectivity index (χ0v) is 12.5. The molecule has 0 fully saturated rings. The van der Waals surface area contributed by atoms with Crippen LogP contribution in [-0.2, 0) is 0 Å². The SMILES string of the molecule is CCN(CC)CCSC(c1cccnc1)C(C)N. The van der Waals surface area contributed by atoms with Crippen LogP contribution >= 0.6 is 11.8 Å². The molecular weight excluding hydrogens is 242 g/mol. The Morgan fingerprint density at radius 1 is 1.39 bits per heavy atom. The van der Waals surface area contributed by atoms with E-state index in [1.165, 1.54) is 5.56 Å². The molecule has 2 atom stereocenters. The third kappa shape index (κ3) is 4.96. The summed E-state index contributed by atoms with van der Waals surface area (Å²) in [6, 6.07) is 4.25. The molecule has 102 valence electrons. The molecule has 0 spiro atoms. The fourth-order valence-electron chi connectivity index (χ4n) is 1.94. The van der Waals surface area contributed by atoms with Crippen molar-refractivity contribution in [2.24, 2.45) is 5.73 Å². The van der Waals surface area contributed by atoms with E-state index in [0.29, 0.717) is 5.25 Å². The Morgan fingerprint density at radius 3 is 2.61 bits per heavy atom. The summed E-state index contributed by atoms with van der Waals surface area (Å²) in [5.74, 6) is 1.11. The molecule has 1 aromatic heterocycles. The number of hydrogen-bond acceptors (Lipinski definition) is 4. The molecule has 0 amide bonds. The van der Waals surface area contributed by atoms with Gasteiger partial charge in [-0.3, -0.25) is 4.98 Å². The van der Waals surface area contributed by atoms with E-state index in [2.05, 4.69) is 36.7 Å². The lowest BCUT2D eigenvalue weighted by Crippen LogP contribution is -2.27. The standard InChI is InChI=1S/C14H25N3S/c1-4-17(5-2)9-10-18-14(12(3)15)13-7-6-8-16-11-13/h6-8,11-12,14H,4-5,9-10,15H2,1-3H3. The van der Waals surface area contributed by atoms with E-state index in [0.717, 1.165) is 25.4 Å². The van der Waals surface area contributed by atoms with Gasteiger partial charge in [0.25, 0.3) is 0 Å². The molecule has 0 aliphatic heterocycles. The van der Waals surface area contributed by atoms with Crippen LogP contribution in [0.2, 0.25) is 0 Å². The van der Waals surface area contributed by atoms with E-state index >= 15 is 0 Å². The molecule has 1 rings (SSSR count). The van der Waals surface area contributed by atoms with Gasteiger partial charge in [0.1, 0.15) is 0 Å². The second kappa shape index (κ2) is 8.51. The van der Waals surface area contributed by atoms with E-state index < -0.39 is 0 Å². The summed E-state index contributed by atoms with van der Waals surface area (Å²) in [6.45, 7) is 9.85. The minimum atomic E-state index is 0.149. The lowest BCUT2D eigenvalue weighted by molar-refractivity contribution is 0.323. The van der Waals surface area contributed by atoms with Crippen LogP contribution in [0.1, 0.15) is 31.6 Å². The van der Waals surface area contributed by atoms with Crippen LogP contribution in [0, 0.1) is 0 Å². The highest BCUT2D eigenvalue weighted by Crippen LogP contribution is 2.30. The maximum absolute atomic E-state index is 6.09. The highest BCUT2D eigenvalue weighted by atomic mass is 32.2. The summed E-state index contributed by atoms with van der Waals surface area (Å²) in [4.78, 5) is 6.62. The van der Waals surface area contributed by atoms with Gasteiger partial charge in [-0.15, -0.1) is 0 Å². The van der Waals surface area contributed by atoms with Crippen molar-refractivity contribution in [3.63, 3.8) is 0 Å². The van der Waals surface area contributed by atoms with Gasteiger partial charge in [-0.25, -0.2) is 0 Å². The van der Waals surface area contributed by atoms with Gasteiger partial charge in [-0.05, 0) is 31.6 Å². The lowest BCUT2D eigenvalue weighted by Gasteiger charge is -2.23. The number of pyridine rings is 1. The van der Waals surface area contributed by atoms with Crippen LogP contribution in [0.3, 0.4) is 0 Å². The van der Waals surface area contributed by atoms with Crippen LogP contribution < -0.4 is 5.73 Å². The van der Waals surface area contributed by atoms with E-state index in [9.17, 15) is 0 Å². The first kappa shape index (κ1) is 15.5. The average Bonchev–Trinajstić information content (AvgIpc) is 2.39. The Hall–Kier alpha value is -0.580. The second-order valence-corrected chi connectivity index (χ2v) is 5.71. The summed E-state index contributed by atoms with van der Waals surface area (Å²) in [5.41, 5.74) is 7.32. The molecule has 0 saturated heterocycles. The number of aromatic nitrogens is 1. The van der Waals surface area contributed by atoms with Crippen molar-refractivity contribution in [1.82, 2.24) is 9.88 Å². The van der Waals surface area contributed by atoms with Crippen LogP contribution in [0.25, 0.3) is 0 Å². The summed E-state index contributed by atoms with van der Waals surface area (Å²) in [7, 11) is 0. The monoisotopic (exact) mass is 267 g/mol. The minimum Gasteiger partial charge on any atom is -0.327 e. The van der Waals surface area contributed by atoms with E-state index in [4.69, 9.17) is 5.73 Å². The van der Waals surface area contributed by atoms with Gasteiger partial charge in [0, 0.05) is 36.0 Å². The third-order valence-corrected chi connectivity index (χ3v) is 4.57. The number of hydrogen-bond donors (Lipinski definition) is 1. The van der Waals surface area contributed by atoms with Crippen molar-refractivity contribution >= 4 is 11.8 Å². The van der Waals surface area contributed by atoms with Gasteiger partial charge >= 0.3 is 0 Å². The topological polar surface area (TPSA) is 42.2 Å². The fraction of sp³-hybridized carbons (Fsp3) is 0.643. The molecule has 0 aliphatic rings. The highest BCUT2D eigenvalue weighted by molar-refractivity contribution is 7.99. The smallest absolute Gasteiger partial charge is 0.0461 e. The van der Waals surface area contributed by atoms with Crippen LogP contribution in [0.5, 0.6) is 0 Å². The van der Waals surface area contributed by atoms with Crippen molar-refractivity contribution in [2.75, 3.05) is 25.4 Å². The predicted molar refractivity (Wildman–Crippen MR) is 80.9 cm³/mol. The van der Waals surface area contributed by atoms with Crippen molar-refractivity contribution in [3.05, 3.63) is 30.1 Å². The van der Waals surface area contributed by atoms with Gasteiger partial charge in [0.05, 0.1) is 0 Å². The van der Waals surface area contributed by atoms with Crippen molar-refractivity contribution in [3.8, 4) is 0 Å². The third-order valence-electron chi connectivity index (χ3n) is 3.09. The zero-order chi connectivity index (χ0) is 13.4. The van der Waals surface area contributed by atoms with E-state index in [-0.39, 0.29) is 6.04 Å². The molecule has 0 aliphatic carbocycles. The molecule has 0 radical (unpaired) electrons. The fourth-order valence-corrected chi connectivity index (χ4v) is 3.20. The first-order chi connectivity index (χ1) is 8.69. The van der Waals surface area contributed by atoms with Gasteiger partial charge in [0.15, 0.2) is 0 Å². The first-order valence-corrected chi connectivity index (χ1v) is 7.73. The highest BCUT2D eigenvalue weighted by Gasteiger charge is 2.16. The molecule has 0 aromatic carbocycles. The zero-order valence-electron chi connectivity index (χ0n) is 11.7. The molecule has 2 unspecified atom stereocenters. The largest absolute Gasteiger partial charge is 0.327 e. The number of rotatable bonds is 8. The minimum absolute atomic E-state index is 0.149. The molecule has 18 heavy (non-hydrogen) atoms. The molecule has 3 nitrogen and oxygen atoms in total. The van der Waals surface area contributed by atoms with Gasteiger partial charge < -0.3 is 10.6 Å². The Labute approximate surface area is 115 Å². The maximum Gasteiger partial charge on any atom is 0.0461 e. The van der Waals surface area contributed by atoms with Gasteiger partial charge in [-0.1, -0.05) is 19.9 Å². The number of nitrogens with two attached hydrogens (primary N) is 1. The van der Waals surface area contributed by atoms with E-state index in [1.807, 2.05) is 30.2 Å². The molecule has 0 bridgehead atoms. The van der Waals surface area contributed by atoms with E-state index in [1.54, 1.807) is 0 Å².